The van der Waals surface area contributed by atoms with Crippen LogP contribution in [-0.4, -0.2) is 51.3 Å². The van der Waals surface area contributed by atoms with Crippen molar-refractivity contribution in [1.82, 2.24) is 10.2 Å². The molecule has 1 rings (SSSR count). The number of likely N-dealkylation sites (N-methyl/N-ethyl adjacent to an activating group) is 1. The van der Waals surface area contributed by atoms with E-state index >= 15 is 0 Å². The minimum absolute atomic E-state index is 0.540. The molecule has 0 aliphatic heterocycles. The van der Waals surface area contributed by atoms with Gasteiger partial charge in [0.2, 0.25) is 0 Å². The summed E-state index contributed by atoms with van der Waals surface area (Å²) in [5.74, 6) is 0. The normalized spacial score (nSPS) is 24.2. The van der Waals surface area contributed by atoms with Crippen molar-refractivity contribution in [2.75, 3.05) is 40.4 Å². The summed E-state index contributed by atoms with van der Waals surface area (Å²) in [6, 6.07) is 0.731. The summed E-state index contributed by atoms with van der Waals surface area (Å²) in [4.78, 5) is 2.32. The second-order valence-electron chi connectivity index (χ2n) is 6.21. The molecule has 1 N–H and O–H groups in total. The van der Waals surface area contributed by atoms with Gasteiger partial charge in [0.1, 0.15) is 0 Å². The molecule has 0 spiro atoms. The van der Waals surface area contributed by atoms with Crippen molar-refractivity contribution >= 4 is 0 Å². The van der Waals surface area contributed by atoms with Crippen LogP contribution < -0.4 is 5.32 Å². The number of methoxy groups -OCH3 is 1. The molecule has 0 amide bonds. The first-order chi connectivity index (χ1) is 8.03. The van der Waals surface area contributed by atoms with Crippen LogP contribution in [0.15, 0.2) is 0 Å². The Labute approximate surface area is 107 Å². The number of nitrogens with one attached hydrogen (secondary N) is 1. The Morgan fingerprint density at radius 2 is 2.12 bits per heavy atom. The molecule has 102 valence electrons. The van der Waals surface area contributed by atoms with Gasteiger partial charge in [0.05, 0.1) is 6.61 Å². The lowest BCUT2D eigenvalue weighted by atomic mass is 9.75. The highest BCUT2D eigenvalue weighted by Gasteiger charge is 2.27. The van der Waals surface area contributed by atoms with Crippen molar-refractivity contribution in [1.29, 1.82) is 0 Å². The van der Waals surface area contributed by atoms with Crippen molar-refractivity contribution < 1.29 is 4.74 Å². The van der Waals surface area contributed by atoms with Gasteiger partial charge in [-0.1, -0.05) is 20.3 Å². The van der Waals surface area contributed by atoms with Crippen LogP contribution in [0.3, 0.4) is 0 Å². The number of rotatable bonds is 7. The molecule has 3 nitrogen and oxygen atoms in total. The Morgan fingerprint density at radius 1 is 1.35 bits per heavy atom. The largest absolute Gasteiger partial charge is 0.383 e. The zero-order valence-electron chi connectivity index (χ0n) is 12.1. The molecule has 0 bridgehead atoms. The smallest absolute Gasteiger partial charge is 0.0589 e. The Balaban J connectivity index is 2.09. The molecule has 0 saturated heterocycles. The third-order valence-electron chi connectivity index (χ3n) is 3.81. The van der Waals surface area contributed by atoms with E-state index in [0.717, 1.165) is 32.3 Å². The maximum atomic E-state index is 5.07. The van der Waals surface area contributed by atoms with Gasteiger partial charge in [0, 0.05) is 32.8 Å². The third kappa shape index (κ3) is 6.39. The predicted molar refractivity (Wildman–Crippen MR) is 73.4 cm³/mol. The first-order valence-corrected chi connectivity index (χ1v) is 6.94. The maximum Gasteiger partial charge on any atom is 0.0589 e. The van der Waals surface area contributed by atoms with E-state index in [-0.39, 0.29) is 0 Å². The third-order valence-corrected chi connectivity index (χ3v) is 3.81. The topological polar surface area (TPSA) is 24.5 Å². The van der Waals surface area contributed by atoms with Crippen molar-refractivity contribution in [2.45, 2.75) is 45.6 Å². The lowest BCUT2D eigenvalue weighted by molar-refractivity contribution is 0.157. The molecule has 1 aliphatic rings. The van der Waals surface area contributed by atoms with Gasteiger partial charge >= 0.3 is 0 Å². The van der Waals surface area contributed by atoms with Crippen LogP contribution in [0, 0.1) is 5.41 Å². The molecular weight excluding hydrogens is 212 g/mol. The Bertz CT molecular complexity index is 206. The van der Waals surface area contributed by atoms with E-state index < -0.39 is 0 Å². The van der Waals surface area contributed by atoms with E-state index in [0.29, 0.717) is 5.41 Å². The van der Waals surface area contributed by atoms with Gasteiger partial charge in [-0.15, -0.1) is 0 Å². The summed E-state index contributed by atoms with van der Waals surface area (Å²) in [6.07, 6.45) is 5.45. The van der Waals surface area contributed by atoms with E-state index in [2.05, 4.69) is 31.1 Å². The molecule has 1 aliphatic carbocycles. The summed E-state index contributed by atoms with van der Waals surface area (Å²) >= 11 is 0. The van der Waals surface area contributed by atoms with E-state index in [1.54, 1.807) is 7.11 Å². The van der Waals surface area contributed by atoms with Crippen LogP contribution in [0.4, 0.5) is 0 Å². The fraction of sp³-hybridized carbons (Fsp3) is 1.00. The lowest BCUT2D eigenvalue weighted by Crippen LogP contribution is -2.41. The molecular formula is C14H30N2O. The van der Waals surface area contributed by atoms with Crippen LogP contribution >= 0.6 is 0 Å². The lowest BCUT2D eigenvalue weighted by Gasteiger charge is -2.36. The minimum Gasteiger partial charge on any atom is -0.383 e. The molecule has 0 aromatic rings. The summed E-state index contributed by atoms with van der Waals surface area (Å²) in [7, 11) is 3.92. The van der Waals surface area contributed by atoms with E-state index in [4.69, 9.17) is 4.74 Å². The first-order valence-electron chi connectivity index (χ1n) is 6.94. The van der Waals surface area contributed by atoms with Gasteiger partial charge < -0.3 is 15.0 Å². The van der Waals surface area contributed by atoms with Gasteiger partial charge in [-0.25, -0.2) is 0 Å². The Morgan fingerprint density at radius 3 is 2.76 bits per heavy atom. The van der Waals surface area contributed by atoms with Gasteiger partial charge in [0.25, 0.3) is 0 Å². The Kier molecular flexibility index (Phi) is 6.45. The fourth-order valence-corrected chi connectivity index (χ4v) is 2.69. The second kappa shape index (κ2) is 7.34. The van der Waals surface area contributed by atoms with Crippen LogP contribution in [0.1, 0.15) is 39.5 Å². The molecule has 1 saturated carbocycles. The highest BCUT2D eigenvalue weighted by Crippen LogP contribution is 2.34. The van der Waals surface area contributed by atoms with Crippen molar-refractivity contribution in [2.24, 2.45) is 5.41 Å². The van der Waals surface area contributed by atoms with Crippen molar-refractivity contribution in [3.05, 3.63) is 0 Å². The summed E-state index contributed by atoms with van der Waals surface area (Å²) in [5.41, 5.74) is 0.540. The first kappa shape index (κ1) is 14.9. The summed E-state index contributed by atoms with van der Waals surface area (Å²) in [6.45, 7) is 8.85. The van der Waals surface area contributed by atoms with Gasteiger partial charge in [0.15, 0.2) is 0 Å². The highest BCUT2D eigenvalue weighted by molar-refractivity contribution is 4.83. The van der Waals surface area contributed by atoms with Crippen molar-refractivity contribution in [3.8, 4) is 0 Å². The van der Waals surface area contributed by atoms with Gasteiger partial charge in [-0.05, 0) is 31.7 Å². The molecule has 0 radical (unpaired) electrons. The minimum atomic E-state index is 0.540. The van der Waals surface area contributed by atoms with E-state index in [1.165, 1.54) is 25.7 Å². The molecule has 1 unspecified atom stereocenters. The molecule has 3 heteroatoms. The predicted octanol–water partition coefficient (Wildman–Crippen LogP) is 2.12. The van der Waals surface area contributed by atoms with Crippen LogP contribution in [0.5, 0.6) is 0 Å². The van der Waals surface area contributed by atoms with Crippen LogP contribution in [0.2, 0.25) is 0 Å². The average molecular weight is 242 g/mol. The average Bonchev–Trinajstić information content (AvgIpc) is 2.25. The molecule has 17 heavy (non-hydrogen) atoms. The monoisotopic (exact) mass is 242 g/mol. The highest BCUT2D eigenvalue weighted by atomic mass is 16.5. The van der Waals surface area contributed by atoms with E-state index in [9.17, 15) is 0 Å². The Hall–Kier alpha value is -0.120. The SMILES string of the molecule is COCCN(C)CCNC1CCCC(C)(C)C1. The fourth-order valence-electron chi connectivity index (χ4n) is 2.69. The van der Waals surface area contributed by atoms with Gasteiger partial charge in [-0.3, -0.25) is 0 Å². The molecule has 0 heterocycles. The molecule has 1 atom stereocenters. The zero-order chi connectivity index (χ0) is 12.7. The molecule has 1 fully saturated rings. The molecule has 0 aromatic carbocycles. The number of ether oxygens (including phenoxy) is 1. The summed E-state index contributed by atoms with van der Waals surface area (Å²) < 4.78 is 5.07. The van der Waals surface area contributed by atoms with Gasteiger partial charge in [-0.2, -0.15) is 0 Å². The second-order valence-corrected chi connectivity index (χ2v) is 6.21. The van der Waals surface area contributed by atoms with Crippen LogP contribution in [0.25, 0.3) is 0 Å². The standard InChI is InChI=1S/C14H30N2O/c1-14(2)7-5-6-13(12-14)15-8-9-16(3)10-11-17-4/h13,15H,5-12H2,1-4H3. The zero-order valence-corrected chi connectivity index (χ0v) is 12.1. The van der Waals surface area contributed by atoms with Crippen molar-refractivity contribution in [3.63, 3.8) is 0 Å². The maximum absolute atomic E-state index is 5.07. The quantitative estimate of drug-likeness (QED) is 0.740. The number of hydrogen-bond donors (Lipinski definition) is 1. The van der Waals surface area contributed by atoms with E-state index in [1.807, 2.05) is 0 Å². The molecule has 0 aromatic heterocycles. The summed E-state index contributed by atoms with van der Waals surface area (Å²) in [5, 5.41) is 3.70. The van der Waals surface area contributed by atoms with Crippen LogP contribution in [-0.2, 0) is 4.74 Å². The number of hydrogen-bond acceptors (Lipinski definition) is 3. The number of nitrogens with zero attached hydrogens (tertiary/aromatic N) is 1.